The zero-order valence-electron chi connectivity index (χ0n) is 73.6. The summed E-state index contributed by atoms with van der Waals surface area (Å²) in [6.45, 7) is -21.9. The second kappa shape index (κ2) is 69.5. The van der Waals surface area contributed by atoms with Crippen LogP contribution in [0.3, 0.4) is 0 Å². The third-order valence-corrected chi connectivity index (χ3v) is 31.4. The number of aliphatic hydroxyl groups excluding tert-OH is 1. The molecule has 0 saturated heterocycles. The topological polar surface area (TPSA) is 1030 Å². The summed E-state index contributed by atoms with van der Waals surface area (Å²) in [5.41, 5.74) is 0. The third-order valence-electron chi connectivity index (χ3n) is 15.3. The summed E-state index contributed by atoms with van der Waals surface area (Å²) in [7, 11) is -89.2. The van der Waals surface area contributed by atoms with E-state index in [1.54, 1.807) is 6.92 Å². The largest absolute Gasteiger partial charge is 0.756 e. The molecule has 0 saturated carbocycles. The van der Waals surface area contributed by atoms with Crippen LogP contribution in [0, 0.1) is 35.5 Å². The molecule has 0 fully saturated rings. The smallest absolute Gasteiger partial charge is 0.268 e. The van der Waals surface area contributed by atoms with Crippen LogP contribution in [0.5, 0.6) is 0 Å². The van der Waals surface area contributed by atoms with Gasteiger partial charge < -0.3 is 242 Å². The van der Waals surface area contributed by atoms with Crippen molar-refractivity contribution in [2.75, 3.05) is 225 Å². The van der Waals surface area contributed by atoms with Gasteiger partial charge in [0.25, 0.3) is 133 Å². The van der Waals surface area contributed by atoms with Gasteiger partial charge in [0.2, 0.25) is 0 Å². The first-order chi connectivity index (χ1) is 63.5. The molecule has 0 bridgehead atoms. The molecule has 0 heterocycles. The summed E-state index contributed by atoms with van der Waals surface area (Å²) in [4.78, 5) is 213. The van der Waals surface area contributed by atoms with E-state index in [9.17, 15) is 161 Å². The fraction of sp³-hybridized carbons (Fsp3) is 1.00. The molecule has 0 aromatic heterocycles. The molecular formula is C52H106O69P17-17. The molecule has 2 N–H and O–H groups in total. The Balaban J connectivity index is 4.56. The van der Waals surface area contributed by atoms with Gasteiger partial charge in [-0.2, -0.15) is 0 Å². The van der Waals surface area contributed by atoms with E-state index < -0.39 is 380 Å². The van der Waals surface area contributed by atoms with Crippen LogP contribution in [0.2, 0.25) is 0 Å². The lowest BCUT2D eigenvalue weighted by Gasteiger charge is -2.29. The number of phosphoric acid groups is 17. The predicted octanol–water partition coefficient (Wildman–Crippen LogP) is -3.36. The van der Waals surface area contributed by atoms with Gasteiger partial charge in [-0.1, -0.05) is 41.5 Å². The van der Waals surface area contributed by atoms with Crippen LogP contribution in [0.4, 0.5) is 0 Å². The molecule has 0 aromatic rings. The molecule has 23 atom stereocenters. The number of hydrogen-bond donors (Lipinski definition) is 2. The fourth-order valence-corrected chi connectivity index (χ4v) is 19.8. The number of rotatable bonds is 95. The summed E-state index contributed by atoms with van der Waals surface area (Å²) in [5.74, 6) is -5.37. The Morgan fingerprint density at radius 3 is 0.312 bits per heavy atom. The van der Waals surface area contributed by atoms with Gasteiger partial charge in [-0.25, -0.2) is 0 Å². The van der Waals surface area contributed by atoms with E-state index in [-0.39, 0.29) is 45.3 Å². The molecule has 138 heavy (non-hydrogen) atoms. The fourth-order valence-electron chi connectivity index (χ4n) is 7.76. The van der Waals surface area contributed by atoms with Gasteiger partial charge in [-0.15, -0.1) is 0 Å². The van der Waals surface area contributed by atoms with Crippen molar-refractivity contribution in [2.45, 2.75) is 80.1 Å². The van der Waals surface area contributed by atoms with Crippen LogP contribution in [-0.2, 0) is 227 Å². The highest BCUT2D eigenvalue weighted by molar-refractivity contribution is 7.50. The SMILES string of the molecule is CCC(CO)COP(=O)([O-])OCCOP(=O)([O-])OCC(CC)COP(=O)([O-])OCCOP(=O)([O-])OCC(CC)COP(=O)([O-])OCCOP(=O)([O-])OCC(CC)COP(=O)([O-])OCCOP(=O)([O-])OCC(CC)COP(=O)([O-])OCCOP(=O)([O-])OCCOP(=O)([O-])OCCOP(=O)([O-])OCCOP(=O)([O-])OCCOP(=O)([O-])OCCOP(=O)([O-])OCCOP(=O)([O-])OCC(CC)COP(=O)([O-])O. The second-order valence-corrected chi connectivity index (χ2v) is 49.8. The molecule has 0 radical (unpaired) electrons. The monoisotopic (exact) mass is 2360 g/mol. The molecule has 830 valence electrons. The normalized spacial score (nSPS) is 21.3. The Bertz CT molecular complexity index is 4270. The van der Waals surface area contributed by atoms with Gasteiger partial charge in [0.05, 0.1) is 218 Å². The van der Waals surface area contributed by atoms with E-state index in [1.165, 1.54) is 34.6 Å². The quantitative estimate of drug-likeness (QED) is 0.0443. The number of hydrogen-bond acceptors (Lipinski definition) is 68. The molecule has 86 heteroatoms. The molecule has 0 spiro atoms. The lowest BCUT2D eigenvalue weighted by molar-refractivity contribution is -0.239. The minimum absolute atomic E-state index is 0.00396. The van der Waals surface area contributed by atoms with Crippen molar-refractivity contribution in [3.05, 3.63) is 0 Å². The van der Waals surface area contributed by atoms with Crippen LogP contribution in [0.25, 0.3) is 0 Å². The van der Waals surface area contributed by atoms with E-state index in [0.717, 1.165) is 0 Å². The highest BCUT2D eigenvalue weighted by atomic mass is 31.2. The maximum Gasteiger partial charge on any atom is 0.268 e. The van der Waals surface area contributed by atoms with Gasteiger partial charge in [0.15, 0.2) is 0 Å². The Labute approximate surface area is 790 Å². The lowest BCUT2D eigenvalue weighted by Crippen LogP contribution is -2.22. The van der Waals surface area contributed by atoms with Gasteiger partial charge in [0.1, 0.15) is 0 Å². The first-order valence-corrected chi connectivity index (χ1v) is 64.2. The summed E-state index contributed by atoms with van der Waals surface area (Å²) in [6, 6.07) is 0. The van der Waals surface area contributed by atoms with Crippen molar-refractivity contribution in [1.82, 2.24) is 0 Å². The first kappa shape index (κ1) is 140. The minimum atomic E-state index is -5.38. The van der Waals surface area contributed by atoms with Crippen molar-refractivity contribution in [2.24, 2.45) is 35.5 Å². The maximum atomic E-state index is 12.4. The number of aliphatic hydroxyl groups is 1. The molecule has 0 aliphatic heterocycles. The summed E-state index contributed by atoms with van der Waals surface area (Å²) in [6.07, 6.45) is 0.528. The van der Waals surface area contributed by atoms with Crippen molar-refractivity contribution in [1.29, 1.82) is 0 Å². The second-order valence-electron chi connectivity index (χ2n) is 26.0. The van der Waals surface area contributed by atoms with E-state index >= 15 is 0 Å². The van der Waals surface area contributed by atoms with Gasteiger partial charge >= 0.3 is 0 Å². The van der Waals surface area contributed by atoms with Crippen molar-refractivity contribution >= 4 is 133 Å². The van der Waals surface area contributed by atoms with Crippen LogP contribution in [0.15, 0.2) is 0 Å². The molecule has 23 unspecified atom stereocenters. The molecule has 0 amide bonds. The van der Waals surface area contributed by atoms with Crippen molar-refractivity contribution in [3.8, 4) is 0 Å². The van der Waals surface area contributed by atoms with E-state index in [0.29, 0.717) is 6.42 Å². The van der Waals surface area contributed by atoms with Crippen molar-refractivity contribution in [3.63, 3.8) is 0 Å². The van der Waals surface area contributed by atoms with Crippen molar-refractivity contribution < 1.29 is 320 Å². The third kappa shape index (κ3) is 78.9. The minimum Gasteiger partial charge on any atom is -0.756 e. The molecule has 0 aromatic carbocycles. The Morgan fingerprint density at radius 2 is 0.232 bits per heavy atom. The zero-order valence-corrected chi connectivity index (χ0v) is 88.8. The average Bonchev–Trinajstić information content (AvgIpc) is 0.905. The Kier molecular flexibility index (Phi) is 70.4. The molecular weight excluding hydrogens is 2260 g/mol. The predicted molar refractivity (Wildman–Crippen MR) is 418 cm³/mol. The van der Waals surface area contributed by atoms with E-state index in [1.807, 2.05) is 0 Å². The first-order valence-electron chi connectivity index (χ1n) is 39.4. The Hall–Kier alpha value is 1.83. The Morgan fingerprint density at radius 1 is 0.152 bits per heavy atom. The van der Waals surface area contributed by atoms with Gasteiger partial charge in [-0.3, -0.25) is 77.6 Å². The maximum absolute atomic E-state index is 12.4. The lowest BCUT2D eigenvalue weighted by atomic mass is 10.1. The summed E-state index contributed by atoms with van der Waals surface area (Å²) in [5, 5.41) is 9.13. The van der Waals surface area contributed by atoms with Gasteiger partial charge in [-0.05, 0) is 38.5 Å². The van der Waals surface area contributed by atoms with E-state index in [4.69, 9.17) is 32.6 Å². The van der Waals surface area contributed by atoms with E-state index in [2.05, 4.69) is 127 Å². The van der Waals surface area contributed by atoms with Crippen LogP contribution < -0.4 is 83.2 Å². The molecule has 0 aliphatic carbocycles. The molecule has 69 nitrogen and oxygen atoms in total. The highest BCUT2D eigenvalue weighted by Gasteiger charge is 2.28. The standard InChI is InChI=1S/C52H123O69P17/c1-7-47(35-53)36-112-129(69,70)101-27-28-104-132(75,76)115-41-50(10-4)42-117-134(79,80)106-31-32-108-136(83,84)119-45-52(12-6)46-121-138(87,88)110-34-33-109-137(85,86)120-44-51(11-5)43-118-135(81,82)107-30-29-105-133(77,78)116-40-49(9-3)39-114-131(73,74)103-26-24-100-128(67,68)98-22-20-96-126(63,64)94-18-16-92-124(59,60)90-14-13-89-123(57,58)91-15-17-93-125(61,62)95-19-21-97-127(65,66)99-23-25-102-130(71,72)113-38-48(8-2)37-111-122(54,55)56/h47-53H,7-46H2,1-6H3,(H,57,58)(H,59,60)(H,61,62)(H,63,64)(H,65,66)(H,67,68)(H,69,70)(H,71,72)(H,73,74)(H,75,76)(H,77,78)(H,79,80)(H,81,82)(H,83,84)(H,85,86)(H,87,88)(H2,54,55,56)/p-17. The zero-order chi connectivity index (χ0) is 106. The summed E-state index contributed by atoms with van der Waals surface area (Å²) < 4.78 is 352. The highest BCUT2D eigenvalue weighted by Crippen LogP contribution is 2.51. The van der Waals surface area contributed by atoms with Crippen LogP contribution >= 0.6 is 133 Å². The molecule has 0 aliphatic rings. The van der Waals surface area contributed by atoms with Crippen LogP contribution in [-0.4, -0.2) is 235 Å². The van der Waals surface area contributed by atoms with Gasteiger partial charge in [0, 0.05) is 42.1 Å². The summed E-state index contributed by atoms with van der Waals surface area (Å²) >= 11 is 0. The number of phosphoric ester groups is 17. The molecule has 0 rings (SSSR count). The van der Waals surface area contributed by atoms with Crippen LogP contribution in [0.1, 0.15) is 80.1 Å². The average molecular weight is 2360 g/mol.